The van der Waals surface area contributed by atoms with E-state index >= 15 is 0 Å². The number of hydrogen-bond acceptors (Lipinski definition) is 3. The molecule has 5 heteroatoms. The summed E-state index contributed by atoms with van der Waals surface area (Å²) in [7, 11) is 0. The second-order valence-corrected chi connectivity index (χ2v) is 13.0. The van der Waals surface area contributed by atoms with Crippen LogP contribution in [0, 0.1) is 19.8 Å². The Hall–Kier alpha value is -5.16. The Labute approximate surface area is 277 Å². The van der Waals surface area contributed by atoms with E-state index in [1.54, 1.807) is 0 Å². The van der Waals surface area contributed by atoms with E-state index in [1.807, 2.05) is 29.1 Å². The van der Waals surface area contributed by atoms with E-state index in [-0.39, 0.29) is 0 Å². The third kappa shape index (κ3) is 6.06. The molecule has 47 heavy (non-hydrogen) atoms. The topological polar surface area (TPSA) is 44.9 Å². The highest BCUT2D eigenvalue weighted by molar-refractivity contribution is 6.09. The highest BCUT2D eigenvalue weighted by Crippen LogP contribution is 2.36. The molecule has 0 aliphatic heterocycles. The fourth-order valence-corrected chi connectivity index (χ4v) is 6.73. The Kier molecular flexibility index (Phi) is 8.38. The summed E-state index contributed by atoms with van der Waals surface area (Å²) in [6, 6.07) is 36.3. The zero-order chi connectivity index (χ0) is 32.5. The van der Waals surface area contributed by atoms with Crippen LogP contribution in [0.5, 0.6) is 11.5 Å². The molecule has 0 amide bonds. The lowest BCUT2D eigenvalue weighted by Gasteiger charge is -2.12. The number of nitrogens with zero attached hydrogens (tertiary/aromatic N) is 4. The average Bonchev–Trinajstić information content (AvgIpc) is 3.56. The van der Waals surface area contributed by atoms with E-state index in [9.17, 15) is 0 Å². The summed E-state index contributed by atoms with van der Waals surface area (Å²) in [6.45, 7) is 11.0. The van der Waals surface area contributed by atoms with E-state index < -0.39 is 0 Å². The van der Waals surface area contributed by atoms with Gasteiger partial charge in [-0.3, -0.25) is 4.57 Å². The third-order valence-corrected chi connectivity index (χ3v) is 9.04. The number of aromatic nitrogens is 4. The molecule has 0 aliphatic rings. The van der Waals surface area contributed by atoms with E-state index in [0.29, 0.717) is 5.92 Å². The van der Waals surface area contributed by atoms with Gasteiger partial charge in [0.05, 0.1) is 22.4 Å². The number of rotatable bonds is 10. The number of fused-ring (bicyclic) bond motifs is 3. The SMILES string of the molecule is CCCc1ccc2c(c1)c1ccc(Oc3cccc(-n4nc(C)c(-c5ccccc5)c4C)c3)cc1n2-c1cc(CCC(C)C)ccn1. The number of hydrogen-bond donors (Lipinski definition) is 0. The molecule has 3 aromatic heterocycles. The highest BCUT2D eigenvalue weighted by atomic mass is 16.5. The summed E-state index contributed by atoms with van der Waals surface area (Å²) >= 11 is 0. The van der Waals surface area contributed by atoms with Gasteiger partial charge in [-0.1, -0.05) is 69.7 Å². The smallest absolute Gasteiger partial charge is 0.137 e. The lowest BCUT2D eigenvalue weighted by molar-refractivity contribution is 0.482. The molecule has 0 spiro atoms. The van der Waals surface area contributed by atoms with Gasteiger partial charge in [-0.05, 0) is 104 Å². The molecule has 0 bridgehead atoms. The molecule has 7 aromatic rings. The summed E-state index contributed by atoms with van der Waals surface area (Å²) in [4.78, 5) is 4.88. The first kappa shape index (κ1) is 30.5. The lowest BCUT2D eigenvalue weighted by atomic mass is 10.0. The third-order valence-electron chi connectivity index (χ3n) is 9.04. The second kappa shape index (κ2) is 12.9. The Balaban J connectivity index is 1.28. The van der Waals surface area contributed by atoms with Crippen LogP contribution in [0.1, 0.15) is 56.1 Å². The van der Waals surface area contributed by atoms with Crippen molar-refractivity contribution in [2.75, 3.05) is 0 Å². The first-order valence-corrected chi connectivity index (χ1v) is 16.8. The van der Waals surface area contributed by atoms with Crippen LogP contribution in [-0.4, -0.2) is 19.3 Å². The summed E-state index contributed by atoms with van der Waals surface area (Å²) in [5, 5.41) is 7.36. The molecular weight excluding hydrogens is 576 g/mol. The van der Waals surface area contributed by atoms with Crippen LogP contribution in [0.3, 0.4) is 0 Å². The Morgan fingerprint density at radius 2 is 1.53 bits per heavy atom. The van der Waals surface area contributed by atoms with Crippen molar-refractivity contribution in [1.29, 1.82) is 0 Å². The maximum atomic E-state index is 6.57. The molecule has 0 fully saturated rings. The van der Waals surface area contributed by atoms with Gasteiger partial charge in [0.1, 0.15) is 17.3 Å². The summed E-state index contributed by atoms with van der Waals surface area (Å²) < 4.78 is 10.9. The van der Waals surface area contributed by atoms with Gasteiger partial charge in [0.25, 0.3) is 0 Å². The van der Waals surface area contributed by atoms with Gasteiger partial charge in [-0.25, -0.2) is 9.67 Å². The Bertz CT molecular complexity index is 2190. The van der Waals surface area contributed by atoms with Crippen molar-refractivity contribution >= 4 is 21.8 Å². The zero-order valence-corrected chi connectivity index (χ0v) is 28.0. The van der Waals surface area contributed by atoms with Crippen LogP contribution in [-0.2, 0) is 12.8 Å². The summed E-state index contributed by atoms with van der Waals surface area (Å²) in [5.74, 6) is 3.13. The van der Waals surface area contributed by atoms with Crippen LogP contribution >= 0.6 is 0 Å². The summed E-state index contributed by atoms with van der Waals surface area (Å²) in [5.41, 5.74) is 10.3. The molecule has 0 saturated carbocycles. The Morgan fingerprint density at radius 1 is 0.723 bits per heavy atom. The molecule has 4 aromatic carbocycles. The fourth-order valence-electron chi connectivity index (χ4n) is 6.73. The van der Waals surface area contributed by atoms with Crippen molar-refractivity contribution in [3.05, 3.63) is 132 Å². The molecule has 0 radical (unpaired) electrons. The van der Waals surface area contributed by atoms with Crippen molar-refractivity contribution in [2.24, 2.45) is 5.92 Å². The molecule has 0 atom stereocenters. The van der Waals surface area contributed by atoms with E-state index in [1.165, 1.54) is 33.0 Å². The molecule has 0 N–H and O–H groups in total. The largest absolute Gasteiger partial charge is 0.457 e. The van der Waals surface area contributed by atoms with Gasteiger partial charge in [0, 0.05) is 40.4 Å². The minimum Gasteiger partial charge on any atom is -0.457 e. The van der Waals surface area contributed by atoms with Gasteiger partial charge in [-0.15, -0.1) is 0 Å². The van der Waals surface area contributed by atoms with Crippen LogP contribution in [0.2, 0.25) is 0 Å². The van der Waals surface area contributed by atoms with E-state index in [4.69, 9.17) is 14.8 Å². The number of benzene rings is 4. The standard InChI is InChI=1S/C42H42N4O/c1-6-11-31-18-21-39-38(24-31)37-20-19-36(27-40(37)45(39)41-25-32(22-23-43-41)17-16-28(2)3)47-35-15-10-14-34(26-35)46-30(5)42(29(4)44-46)33-12-8-7-9-13-33/h7-10,12-15,18-28H,6,11,16-17H2,1-5H3. The average molecular weight is 619 g/mol. The van der Waals surface area contributed by atoms with Gasteiger partial charge in [-0.2, -0.15) is 5.10 Å². The minimum atomic E-state index is 0.655. The maximum absolute atomic E-state index is 6.57. The summed E-state index contributed by atoms with van der Waals surface area (Å²) in [6.07, 6.45) is 6.32. The fraction of sp³-hybridized carbons (Fsp3) is 0.238. The van der Waals surface area contributed by atoms with Gasteiger partial charge in [0.15, 0.2) is 0 Å². The first-order valence-electron chi connectivity index (χ1n) is 16.8. The lowest BCUT2D eigenvalue weighted by Crippen LogP contribution is -2.00. The van der Waals surface area contributed by atoms with Crippen LogP contribution < -0.4 is 4.74 Å². The van der Waals surface area contributed by atoms with Gasteiger partial charge in [0.2, 0.25) is 0 Å². The van der Waals surface area contributed by atoms with Crippen LogP contribution in [0.15, 0.2) is 109 Å². The van der Waals surface area contributed by atoms with Gasteiger partial charge >= 0.3 is 0 Å². The monoisotopic (exact) mass is 618 g/mol. The molecule has 0 aliphatic carbocycles. The van der Waals surface area contributed by atoms with Crippen molar-refractivity contribution in [2.45, 2.75) is 60.3 Å². The molecule has 3 heterocycles. The highest BCUT2D eigenvalue weighted by Gasteiger charge is 2.17. The van der Waals surface area contributed by atoms with E-state index in [2.05, 4.69) is 124 Å². The predicted octanol–water partition coefficient (Wildman–Crippen LogP) is 11.0. The zero-order valence-electron chi connectivity index (χ0n) is 28.0. The number of pyridine rings is 1. The quantitative estimate of drug-likeness (QED) is 0.153. The van der Waals surface area contributed by atoms with Crippen molar-refractivity contribution in [3.63, 3.8) is 0 Å². The van der Waals surface area contributed by atoms with Crippen LogP contribution in [0.25, 0.3) is 44.4 Å². The first-order chi connectivity index (χ1) is 22.9. The molecule has 236 valence electrons. The molecule has 0 saturated heterocycles. The molecule has 5 nitrogen and oxygen atoms in total. The minimum absolute atomic E-state index is 0.655. The normalized spacial score (nSPS) is 11.6. The second-order valence-electron chi connectivity index (χ2n) is 13.0. The number of aryl methyl sites for hydroxylation is 3. The van der Waals surface area contributed by atoms with Crippen molar-refractivity contribution < 1.29 is 4.74 Å². The molecular formula is C42H42N4O. The molecule has 0 unspecified atom stereocenters. The molecule has 7 rings (SSSR count). The van der Waals surface area contributed by atoms with Crippen molar-refractivity contribution in [1.82, 2.24) is 19.3 Å². The van der Waals surface area contributed by atoms with Crippen LogP contribution in [0.4, 0.5) is 0 Å². The van der Waals surface area contributed by atoms with E-state index in [0.717, 1.165) is 71.1 Å². The van der Waals surface area contributed by atoms with Gasteiger partial charge < -0.3 is 4.74 Å². The predicted molar refractivity (Wildman–Crippen MR) is 194 cm³/mol. The Morgan fingerprint density at radius 3 is 2.34 bits per heavy atom. The number of ether oxygens (including phenoxy) is 1. The van der Waals surface area contributed by atoms with Crippen molar-refractivity contribution in [3.8, 4) is 34.1 Å². The maximum Gasteiger partial charge on any atom is 0.137 e.